The lowest BCUT2D eigenvalue weighted by atomic mass is 10.1. The van der Waals surface area contributed by atoms with Gasteiger partial charge >= 0.3 is 0 Å². The van der Waals surface area contributed by atoms with Gasteiger partial charge in [-0.2, -0.15) is 0 Å². The summed E-state index contributed by atoms with van der Waals surface area (Å²) in [4.78, 5) is 3.88. The molecule has 1 aromatic heterocycles. The molecule has 0 saturated carbocycles. The Bertz CT molecular complexity index is 313. The average Bonchev–Trinajstić information content (AvgIpc) is 2.64. The highest BCUT2D eigenvalue weighted by molar-refractivity contribution is 7.16. The van der Waals surface area contributed by atoms with Crippen LogP contribution in [0, 0.1) is 0 Å². The third-order valence-electron chi connectivity index (χ3n) is 2.84. The quantitative estimate of drug-likeness (QED) is 0.879. The van der Waals surface area contributed by atoms with E-state index in [1.165, 1.54) is 11.3 Å². The fourth-order valence-corrected chi connectivity index (χ4v) is 3.10. The summed E-state index contributed by atoms with van der Waals surface area (Å²) in [5.41, 5.74) is 0. The Labute approximate surface area is 100 Å². The normalized spacial score (nSPS) is 23.2. The summed E-state index contributed by atoms with van der Waals surface area (Å²) >= 11 is 7.62. The summed E-state index contributed by atoms with van der Waals surface area (Å²) in [6.07, 6.45) is 1.21. The molecule has 1 N–H and O–H groups in total. The Morgan fingerprint density at radius 2 is 2.47 bits per heavy atom. The van der Waals surface area contributed by atoms with Crippen molar-refractivity contribution >= 4 is 22.9 Å². The summed E-state index contributed by atoms with van der Waals surface area (Å²) in [6.45, 7) is 6.70. The van der Waals surface area contributed by atoms with Gasteiger partial charge < -0.3 is 5.32 Å². The SMILES string of the molecule is CCC1CN(Cc2ccc(Cl)s2)CCN1. The van der Waals surface area contributed by atoms with Crippen molar-refractivity contribution in [2.75, 3.05) is 19.6 Å². The van der Waals surface area contributed by atoms with E-state index in [2.05, 4.69) is 23.2 Å². The van der Waals surface area contributed by atoms with Gasteiger partial charge in [-0.15, -0.1) is 11.3 Å². The van der Waals surface area contributed by atoms with Crippen LogP contribution in [0.2, 0.25) is 4.34 Å². The van der Waals surface area contributed by atoms with Gasteiger partial charge in [0.2, 0.25) is 0 Å². The fourth-order valence-electron chi connectivity index (χ4n) is 1.97. The van der Waals surface area contributed by atoms with Crippen molar-refractivity contribution in [3.05, 3.63) is 21.3 Å². The molecular weight excluding hydrogens is 228 g/mol. The largest absolute Gasteiger partial charge is 0.311 e. The number of thiophene rings is 1. The molecule has 0 radical (unpaired) electrons. The van der Waals surface area contributed by atoms with Crippen molar-refractivity contribution in [3.8, 4) is 0 Å². The van der Waals surface area contributed by atoms with E-state index in [0.717, 1.165) is 30.5 Å². The molecule has 0 amide bonds. The molecule has 1 aromatic rings. The molecule has 84 valence electrons. The molecule has 1 fully saturated rings. The van der Waals surface area contributed by atoms with Crippen molar-refractivity contribution in [1.29, 1.82) is 0 Å². The maximum Gasteiger partial charge on any atom is 0.0931 e. The third kappa shape index (κ3) is 3.18. The van der Waals surface area contributed by atoms with Crippen LogP contribution in [0.25, 0.3) is 0 Å². The van der Waals surface area contributed by atoms with Gasteiger partial charge in [0.25, 0.3) is 0 Å². The maximum atomic E-state index is 5.92. The van der Waals surface area contributed by atoms with Crippen molar-refractivity contribution < 1.29 is 0 Å². The number of nitrogens with one attached hydrogen (secondary N) is 1. The van der Waals surface area contributed by atoms with Gasteiger partial charge in [-0.25, -0.2) is 0 Å². The Morgan fingerprint density at radius 3 is 3.13 bits per heavy atom. The first kappa shape index (κ1) is 11.4. The highest BCUT2D eigenvalue weighted by Gasteiger charge is 2.17. The van der Waals surface area contributed by atoms with E-state index in [9.17, 15) is 0 Å². The van der Waals surface area contributed by atoms with Crippen LogP contribution in [-0.2, 0) is 6.54 Å². The number of nitrogens with zero attached hydrogens (tertiary/aromatic N) is 1. The fraction of sp³-hybridized carbons (Fsp3) is 0.636. The second-order valence-corrected chi connectivity index (χ2v) is 5.80. The molecule has 2 nitrogen and oxygen atoms in total. The van der Waals surface area contributed by atoms with Crippen LogP contribution in [0.15, 0.2) is 12.1 Å². The summed E-state index contributed by atoms with van der Waals surface area (Å²) in [7, 11) is 0. The second-order valence-electron chi connectivity index (χ2n) is 4.00. The monoisotopic (exact) mass is 244 g/mol. The maximum absolute atomic E-state index is 5.92. The van der Waals surface area contributed by atoms with Gasteiger partial charge in [0, 0.05) is 37.1 Å². The predicted molar refractivity (Wildman–Crippen MR) is 66.7 cm³/mol. The first-order chi connectivity index (χ1) is 7.28. The van der Waals surface area contributed by atoms with Gasteiger partial charge in [-0.1, -0.05) is 18.5 Å². The molecule has 1 atom stereocenters. The lowest BCUT2D eigenvalue weighted by Gasteiger charge is -2.32. The molecule has 1 saturated heterocycles. The molecule has 0 bridgehead atoms. The number of rotatable bonds is 3. The first-order valence-corrected chi connectivity index (χ1v) is 6.67. The Hall–Kier alpha value is -0.0900. The summed E-state index contributed by atoms with van der Waals surface area (Å²) in [5.74, 6) is 0. The van der Waals surface area contributed by atoms with Gasteiger partial charge in [-0.05, 0) is 18.6 Å². The number of hydrogen-bond acceptors (Lipinski definition) is 3. The average molecular weight is 245 g/mol. The molecule has 0 aromatic carbocycles. The van der Waals surface area contributed by atoms with E-state index in [4.69, 9.17) is 11.6 Å². The molecule has 1 aliphatic rings. The van der Waals surface area contributed by atoms with Crippen LogP contribution < -0.4 is 5.32 Å². The van der Waals surface area contributed by atoms with Crippen LogP contribution in [-0.4, -0.2) is 30.6 Å². The van der Waals surface area contributed by atoms with Crippen molar-refractivity contribution in [2.45, 2.75) is 25.9 Å². The minimum absolute atomic E-state index is 0.661. The Balaban J connectivity index is 1.88. The van der Waals surface area contributed by atoms with Crippen molar-refractivity contribution in [3.63, 3.8) is 0 Å². The van der Waals surface area contributed by atoms with E-state index in [1.54, 1.807) is 11.3 Å². The van der Waals surface area contributed by atoms with Gasteiger partial charge in [0.1, 0.15) is 0 Å². The minimum Gasteiger partial charge on any atom is -0.311 e. The van der Waals surface area contributed by atoms with Gasteiger partial charge in [0.15, 0.2) is 0 Å². The van der Waals surface area contributed by atoms with Crippen LogP contribution in [0.4, 0.5) is 0 Å². The number of piperazine rings is 1. The van der Waals surface area contributed by atoms with E-state index >= 15 is 0 Å². The molecule has 2 heterocycles. The molecule has 0 spiro atoms. The zero-order valence-electron chi connectivity index (χ0n) is 9.00. The smallest absolute Gasteiger partial charge is 0.0931 e. The number of halogens is 1. The zero-order valence-corrected chi connectivity index (χ0v) is 10.6. The lowest BCUT2D eigenvalue weighted by molar-refractivity contribution is 0.191. The van der Waals surface area contributed by atoms with E-state index < -0.39 is 0 Å². The molecule has 4 heteroatoms. The highest BCUT2D eigenvalue weighted by atomic mass is 35.5. The van der Waals surface area contributed by atoms with Crippen LogP contribution in [0.3, 0.4) is 0 Å². The summed E-state index contributed by atoms with van der Waals surface area (Å²) < 4.78 is 0.896. The van der Waals surface area contributed by atoms with Crippen LogP contribution in [0.5, 0.6) is 0 Å². The molecule has 15 heavy (non-hydrogen) atoms. The van der Waals surface area contributed by atoms with Crippen LogP contribution in [0.1, 0.15) is 18.2 Å². The standard InChI is InChI=1S/C11H17ClN2S/c1-2-9-7-14(6-5-13-9)8-10-3-4-11(12)15-10/h3-4,9,13H,2,5-8H2,1H3. The molecular formula is C11H17ClN2S. The topological polar surface area (TPSA) is 15.3 Å². The van der Waals surface area contributed by atoms with E-state index in [0.29, 0.717) is 6.04 Å². The summed E-state index contributed by atoms with van der Waals surface area (Å²) in [6, 6.07) is 4.78. The first-order valence-electron chi connectivity index (χ1n) is 5.48. The lowest BCUT2D eigenvalue weighted by Crippen LogP contribution is -2.49. The minimum atomic E-state index is 0.661. The third-order valence-corrected chi connectivity index (χ3v) is 4.06. The van der Waals surface area contributed by atoms with Gasteiger partial charge in [0.05, 0.1) is 4.34 Å². The second kappa shape index (κ2) is 5.30. The predicted octanol–water partition coefficient (Wildman–Crippen LogP) is 2.59. The zero-order chi connectivity index (χ0) is 10.7. The Kier molecular flexibility index (Phi) is 4.03. The molecule has 1 aliphatic heterocycles. The summed E-state index contributed by atoms with van der Waals surface area (Å²) in [5, 5.41) is 3.53. The molecule has 2 rings (SSSR count). The highest BCUT2D eigenvalue weighted by Crippen LogP contribution is 2.23. The van der Waals surface area contributed by atoms with E-state index in [-0.39, 0.29) is 0 Å². The van der Waals surface area contributed by atoms with Crippen LogP contribution >= 0.6 is 22.9 Å². The Morgan fingerprint density at radius 1 is 1.60 bits per heavy atom. The number of hydrogen-bond donors (Lipinski definition) is 1. The van der Waals surface area contributed by atoms with Gasteiger partial charge in [-0.3, -0.25) is 4.90 Å². The molecule has 0 aliphatic carbocycles. The van der Waals surface area contributed by atoms with Crippen molar-refractivity contribution in [2.24, 2.45) is 0 Å². The van der Waals surface area contributed by atoms with E-state index in [1.807, 2.05) is 6.07 Å². The molecule has 1 unspecified atom stereocenters. The van der Waals surface area contributed by atoms with Crippen molar-refractivity contribution in [1.82, 2.24) is 10.2 Å².